The van der Waals surface area contributed by atoms with E-state index in [1.807, 2.05) is 19.1 Å². The molecule has 0 radical (unpaired) electrons. The van der Waals surface area contributed by atoms with Crippen molar-refractivity contribution in [1.82, 2.24) is 0 Å². The number of hydrogen-bond donors (Lipinski definition) is 1. The van der Waals surface area contributed by atoms with Crippen LogP contribution in [0.25, 0.3) is 0 Å². The third-order valence-electron chi connectivity index (χ3n) is 4.71. The molecule has 6 nitrogen and oxygen atoms in total. The van der Waals surface area contributed by atoms with Gasteiger partial charge in [0.2, 0.25) is 5.91 Å². The van der Waals surface area contributed by atoms with Gasteiger partial charge in [-0.2, -0.15) is 0 Å². The fourth-order valence-electron chi connectivity index (χ4n) is 3.27. The molecular formula is C22H25NO5S. The van der Waals surface area contributed by atoms with Gasteiger partial charge in [0.1, 0.15) is 10.8 Å². The maximum absolute atomic E-state index is 12.4. The van der Waals surface area contributed by atoms with E-state index in [1.54, 1.807) is 19.1 Å². The van der Waals surface area contributed by atoms with E-state index in [9.17, 15) is 14.4 Å². The minimum absolute atomic E-state index is 0.0183. The molecule has 1 heterocycles. The molecule has 0 unspecified atom stereocenters. The smallest absolute Gasteiger partial charge is 0.341 e. The monoisotopic (exact) mass is 415 g/mol. The van der Waals surface area contributed by atoms with E-state index in [1.165, 1.54) is 11.3 Å². The number of aryl methyl sites for hydroxylation is 2. The Labute approximate surface area is 174 Å². The summed E-state index contributed by atoms with van der Waals surface area (Å²) < 4.78 is 10.4. The summed E-state index contributed by atoms with van der Waals surface area (Å²) in [6.45, 7) is 3.99. The number of esters is 2. The number of carbonyl (C=O) groups excluding carboxylic acids is 3. The molecule has 0 saturated carbocycles. The van der Waals surface area contributed by atoms with Crippen LogP contribution < -0.4 is 10.1 Å². The Balaban J connectivity index is 1.61. The van der Waals surface area contributed by atoms with E-state index in [0.717, 1.165) is 41.7 Å². The van der Waals surface area contributed by atoms with Gasteiger partial charge in [0, 0.05) is 11.3 Å². The highest BCUT2D eigenvalue weighted by atomic mass is 32.1. The first-order chi connectivity index (χ1) is 14.0. The lowest BCUT2D eigenvalue weighted by Crippen LogP contribution is -2.17. The third-order valence-corrected chi connectivity index (χ3v) is 5.92. The van der Waals surface area contributed by atoms with Crippen molar-refractivity contribution in [1.29, 1.82) is 0 Å². The third kappa shape index (κ3) is 5.44. The number of amides is 1. The normalized spacial score (nSPS) is 12.8. The lowest BCUT2D eigenvalue weighted by Gasteiger charge is -2.12. The Hall–Kier alpha value is -2.67. The average Bonchev–Trinajstić information content (AvgIpc) is 3.06. The molecule has 0 atom stereocenters. The maximum Gasteiger partial charge on any atom is 0.341 e. The van der Waals surface area contributed by atoms with Crippen LogP contribution in [0.2, 0.25) is 0 Å². The molecule has 2 aromatic rings. The molecule has 1 amide bonds. The minimum atomic E-state index is -0.472. The number of benzene rings is 1. The standard InChI is InChI=1S/C22H25NO5S/c1-3-27-22(26)20-16-6-4-5-7-17(16)29-21(20)23-18(24)12-13-19(25)28-15-10-8-14(2)9-11-15/h8-11H,3-7,12-13H2,1-2H3,(H,23,24). The summed E-state index contributed by atoms with van der Waals surface area (Å²) in [4.78, 5) is 38.0. The Kier molecular flexibility index (Phi) is 7.04. The first-order valence-corrected chi connectivity index (χ1v) is 10.7. The van der Waals surface area contributed by atoms with Crippen molar-refractivity contribution in [2.45, 2.75) is 52.4 Å². The Morgan fingerprint density at radius 2 is 1.79 bits per heavy atom. The molecule has 154 valence electrons. The topological polar surface area (TPSA) is 81.7 Å². The molecule has 0 aliphatic heterocycles. The number of anilines is 1. The van der Waals surface area contributed by atoms with Crippen molar-refractivity contribution >= 4 is 34.2 Å². The zero-order chi connectivity index (χ0) is 20.8. The van der Waals surface area contributed by atoms with Gasteiger partial charge in [-0.3, -0.25) is 9.59 Å². The van der Waals surface area contributed by atoms with Crippen molar-refractivity contribution in [3.63, 3.8) is 0 Å². The summed E-state index contributed by atoms with van der Waals surface area (Å²) in [5.74, 6) is -0.743. The molecule has 7 heteroatoms. The number of hydrogen-bond acceptors (Lipinski definition) is 6. The van der Waals surface area contributed by atoms with Crippen LogP contribution in [0.3, 0.4) is 0 Å². The second kappa shape index (κ2) is 9.69. The van der Waals surface area contributed by atoms with Crippen LogP contribution in [0.4, 0.5) is 5.00 Å². The van der Waals surface area contributed by atoms with Gasteiger partial charge in [0.05, 0.1) is 18.6 Å². The van der Waals surface area contributed by atoms with E-state index in [4.69, 9.17) is 9.47 Å². The summed E-state index contributed by atoms with van der Waals surface area (Å²) >= 11 is 1.43. The van der Waals surface area contributed by atoms with Crippen molar-refractivity contribution in [3.05, 3.63) is 45.8 Å². The van der Waals surface area contributed by atoms with Crippen molar-refractivity contribution in [3.8, 4) is 5.75 Å². The molecule has 0 fully saturated rings. The summed E-state index contributed by atoms with van der Waals surface area (Å²) in [5, 5.41) is 3.33. The molecule has 1 aliphatic rings. The largest absolute Gasteiger partial charge is 0.462 e. The van der Waals surface area contributed by atoms with Crippen LogP contribution in [-0.2, 0) is 27.2 Å². The summed E-state index contributed by atoms with van der Waals surface area (Å²) in [7, 11) is 0. The fourth-order valence-corrected chi connectivity index (χ4v) is 4.56. The van der Waals surface area contributed by atoms with Crippen molar-refractivity contribution in [2.75, 3.05) is 11.9 Å². The van der Waals surface area contributed by atoms with E-state index in [-0.39, 0.29) is 25.4 Å². The Morgan fingerprint density at radius 1 is 1.07 bits per heavy atom. The van der Waals surface area contributed by atoms with E-state index >= 15 is 0 Å². The lowest BCUT2D eigenvalue weighted by atomic mass is 9.95. The van der Waals surface area contributed by atoms with Crippen LogP contribution in [0.15, 0.2) is 24.3 Å². The molecule has 3 rings (SSSR count). The van der Waals surface area contributed by atoms with Crippen LogP contribution >= 0.6 is 11.3 Å². The average molecular weight is 416 g/mol. The second-order valence-corrected chi connectivity index (χ2v) is 8.08. The van der Waals surface area contributed by atoms with Gasteiger partial charge in [0.25, 0.3) is 0 Å². The van der Waals surface area contributed by atoms with Gasteiger partial charge in [-0.15, -0.1) is 11.3 Å². The van der Waals surface area contributed by atoms with Crippen LogP contribution in [-0.4, -0.2) is 24.5 Å². The number of thiophene rings is 1. The minimum Gasteiger partial charge on any atom is -0.462 e. The number of nitrogens with one attached hydrogen (secondary N) is 1. The van der Waals surface area contributed by atoms with Gasteiger partial charge in [-0.25, -0.2) is 4.79 Å². The molecule has 0 bridgehead atoms. The highest BCUT2D eigenvalue weighted by molar-refractivity contribution is 7.17. The SMILES string of the molecule is CCOC(=O)c1c(NC(=O)CCC(=O)Oc2ccc(C)cc2)sc2c1CCCC2. The Bertz CT molecular complexity index is 901. The maximum atomic E-state index is 12.4. The van der Waals surface area contributed by atoms with E-state index in [0.29, 0.717) is 16.3 Å². The molecular weight excluding hydrogens is 390 g/mol. The molecule has 0 spiro atoms. The van der Waals surface area contributed by atoms with Gasteiger partial charge in [-0.05, 0) is 57.2 Å². The predicted octanol–water partition coefficient (Wildman–Crippen LogP) is 4.44. The van der Waals surface area contributed by atoms with Crippen LogP contribution in [0.5, 0.6) is 5.75 Å². The summed E-state index contributed by atoms with van der Waals surface area (Å²) in [6, 6.07) is 7.14. The van der Waals surface area contributed by atoms with Crippen LogP contribution in [0.1, 0.15) is 59.0 Å². The first-order valence-electron chi connectivity index (χ1n) is 9.86. The van der Waals surface area contributed by atoms with Gasteiger partial charge < -0.3 is 14.8 Å². The lowest BCUT2D eigenvalue weighted by molar-refractivity contribution is -0.135. The fraction of sp³-hybridized carbons (Fsp3) is 0.409. The van der Waals surface area contributed by atoms with E-state index < -0.39 is 11.9 Å². The molecule has 1 aromatic heterocycles. The van der Waals surface area contributed by atoms with Crippen molar-refractivity contribution < 1.29 is 23.9 Å². The molecule has 1 N–H and O–H groups in total. The van der Waals surface area contributed by atoms with Gasteiger partial charge in [0.15, 0.2) is 0 Å². The molecule has 1 aliphatic carbocycles. The highest BCUT2D eigenvalue weighted by Crippen LogP contribution is 2.38. The molecule has 0 saturated heterocycles. The Morgan fingerprint density at radius 3 is 2.52 bits per heavy atom. The highest BCUT2D eigenvalue weighted by Gasteiger charge is 2.27. The zero-order valence-electron chi connectivity index (χ0n) is 16.7. The van der Waals surface area contributed by atoms with Crippen LogP contribution in [0, 0.1) is 6.92 Å². The summed E-state index contributed by atoms with van der Waals surface area (Å²) in [5.41, 5.74) is 2.54. The first kappa shape index (κ1) is 21.0. The number of carbonyl (C=O) groups is 3. The zero-order valence-corrected chi connectivity index (χ0v) is 17.5. The summed E-state index contributed by atoms with van der Waals surface area (Å²) in [6.07, 6.45) is 3.77. The van der Waals surface area contributed by atoms with E-state index in [2.05, 4.69) is 5.32 Å². The number of fused-ring (bicyclic) bond motifs is 1. The van der Waals surface area contributed by atoms with Crippen molar-refractivity contribution in [2.24, 2.45) is 0 Å². The van der Waals surface area contributed by atoms with Gasteiger partial charge in [-0.1, -0.05) is 17.7 Å². The molecule has 1 aromatic carbocycles. The van der Waals surface area contributed by atoms with Gasteiger partial charge >= 0.3 is 11.9 Å². The quantitative estimate of drug-likeness (QED) is 0.534. The molecule has 29 heavy (non-hydrogen) atoms. The predicted molar refractivity (Wildman–Crippen MR) is 112 cm³/mol. The number of ether oxygens (including phenoxy) is 2. The number of rotatable bonds is 7. The second-order valence-electron chi connectivity index (χ2n) is 6.97.